The van der Waals surface area contributed by atoms with Gasteiger partial charge in [0.05, 0.1) is 25.2 Å². The summed E-state index contributed by atoms with van der Waals surface area (Å²) in [7, 11) is 0. The molecule has 0 aromatic rings. The SMILES string of the molecule is CC/C=C/C=C/C=C/CCCCCCCC(CC(=O)NC(CO)C(O)CCCCCCCCCCCCCCCCC)OC(=O)CCCCCCCCCCCCCCCC. The zero-order valence-electron chi connectivity index (χ0n) is 40.8. The number of rotatable bonds is 48. The van der Waals surface area contributed by atoms with E-state index in [1.165, 1.54) is 154 Å². The van der Waals surface area contributed by atoms with Crippen molar-refractivity contribution in [2.24, 2.45) is 0 Å². The lowest BCUT2D eigenvalue weighted by atomic mass is 10.0. The molecule has 0 bridgehead atoms. The molecule has 0 radical (unpaired) electrons. The minimum Gasteiger partial charge on any atom is -0.462 e. The van der Waals surface area contributed by atoms with Crippen LogP contribution < -0.4 is 5.32 Å². The minimum atomic E-state index is -0.791. The Morgan fingerprint density at radius 3 is 1.33 bits per heavy atom. The highest BCUT2D eigenvalue weighted by atomic mass is 16.5. The fraction of sp³-hybridized carbons (Fsp3) is 0.855. The highest BCUT2D eigenvalue weighted by Crippen LogP contribution is 2.18. The summed E-state index contributed by atoms with van der Waals surface area (Å²) in [5, 5.41) is 23.8. The van der Waals surface area contributed by atoms with Crippen molar-refractivity contribution in [1.82, 2.24) is 5.32 Å². The lowest BCUT2D eigenvalue weighted by molar-refractivity contribution is -0.151. The van der Waals surface area contributed by atoms with Crippen LogP contribution in [0.25, 0.3) is 0 Å². The Morgan fingerprint density at radius 2 is 0.885 bits per heavy atom. The fourth-order valence-electron chi connectivity index (χ4n) is 8.26. The third-order valence-corrected chi connectivity index (χ3v) is 12.3. The van der Waals surface area contributed by atoms with Gasteiger partial charge in [-0.25, -0.2) is 0 Å². The molecule has 0 rings (SSSR count). The molecular formula is C55H103NO5. The van der Waals surface area contributed by atoms with Gasteiger partial charge in [0.15, 0.2) is 0 Å². The van der Waals surface area contributed by atoms with E-state index in [9.17, 15) is 19.8 Å². The van der Waals surface area contributed by atoms with Crippen molar-refractivity contribution >= 4 is 11.9 Å². The molecule has 358 valence electrons. The summed E-state index contributed by atoms with van der Waals surface area (Å²) in [6.45, 7) is 6.37. The standard InChI is InChI=1S/C55H103NO5/c1-4-7-10-13-16-19-22-25-27-29-32-35-38-41-44-47-53(58)52(50-57)56-54(59)49-51(46-43-40-37-34-31-28-24-21-18-15-12-9-6-3)61-55(60)48-45-42-39-36-33-30-26-23-20-17-14-11-8-5-2/h9,12,15,18,21,24,51-53,57-58H,4-8,10-11,13-14,16-17,19-20,22-23,25-50H2,1-3H3,(H,56,59)/b12-9+,18-15+,24-21+. The summed E-state index contributed by atoms with van der Waals surface area (Å²) >= 11 is 0. The first-order chi connectivity index (χ1) is 30.0. The molecule has 61 heavy (non-hydrogen) atoms. The van der Waals surface area contributed by atoms with Crippen LogP contribution >= 0.6 is 0 Å². The molecule has 6 nitrogen and oxygen atoms in total. The molecule has 6 heteroatoms. The number of carbonyl (C=O) groups is 2. The lowest BCUT2D eigenvalue weighted by Crippen LogP contribution is -2.46. The monoisotopic (exact) mass is 858 g/mol. The molecule has 0 saturated carbocycles. The number of carbonyl (C=O) groups excluding carboxylic acids is 2. The maximum atomic E-state index is 13.2. The average Bonchev–Trinajstić information content (AvgIpc) is 3.25. The maximum Gasteiger partial charge on any atom is 0.306 e. The van der Waals surface area contributed by atoms with E-state index < -0.39 is 18.2 Å². The normalized spacial score (nSPS) is 13.5. The number of unbranched alkanes of at least 4 members (excludes halogenated alkanes) is 32. The number of allylic oxidation sites excluding steroid dienone is 6. The number of hydrogen-bond acceptors (Lipinski definition) is 5. The number of aliphatic hydroxyl groups is 2. The van der Waals surface area contributed by atoms with Gasteiger partial charge in [0.2, 0.25) is 5.91 Å². The van der Waals surface area contributed by atoms with Gasteiger partial charge in [-0.1, -0.05) is 256 Å². The van der Waals surface area contributed by atoms with Crippen molar-refractivity contribution in [3.63, 3.8) is 0 Å². The lowest BCUT2D eigenvalue weighted by Gasteiger charge is -2.24. The molecular weight excluding hydrogens is 755 g/mol. The second kappa shape index (κ2) is 49.1. The molecule has 0 fully saturated rings. The molecule has 3 N–H and O–H groups in total. The second-order valence-electron chi connectivity index (χ2n) is 18.3. The van der Waals surface area contributed by atoms with Crippen molar-refractivity contribution in [2.75, 3.05) is 6.61 Å². The van der Waals surface area contributed by atoms with E-state index in [2.05, 4.69) is 62.5 Å². The van der Waals surface area contributed by atoms with Gasteiger partial charge in [-0.05, 0) is 44.9 Å². The Labute approximate surface area is 379 Å². The molecule has 0 saturated heterocycles. The molecule has 0 heterocycles. The highest BCUT2D eigenvalue weighted by Gasteiger charge is 2.24. The Morgan fingerprint density at radius 1 is 0.492 bits per heavy atom. The zero-order chi connectivity index (χ0) is 44.5. The summed E-state index contributed by atoms with van der Waals surface area (Å²) in [6, 6.07) is -0.705. The van der Waals surface area contributed by atoms with E-state index in [0.717, 1.165) is 77.0 Å². The van der Waals surface area contributed by atoms with Gasteiger partial charge >= 0.3 is 5.97 Å². The predicted octanol–water partition coefficient (Wildman–Crippen LogP) is 16.1. The molecule has 0 aromatic heterocycles. The summed E-state index contributed by atoms with van der Waals surface area (Å²) in [4.78, 5) is 26.2. The van der Waals surface area contributed by atoms with Crippen molar-refractivity contribution in [3.05, 3.63) is 36.5 Å². The molecule has 0 aliphatic rings. The van der Waals surface area contributed by atoms with Crippen molar-refractivity contribution in [1.29, 1.82) is 0 Å². The summed E-state index contributed by atoms with van der Waals surface area (Å²) in [5.74, 6) is -0.482. The average molecular weight is 858 g/mol. The number of amides is 1. The molecule has 3 unspecified atom stereocenters. The van der Waals surface area contributed by atoms with Gasteiger partial charge in [-0.3, -0.25) is 9.59 Å². The molecule has 0 aromatic carbocycles. The zero-order valence-corrected chi connectivity index (χ0v) is 40.8. The Bertz CT molecular complexity index is 1010. The summed E-state index contributed by atoms with van der Waals surface area (Å²) in [5.41, 5.74) is 0. The van der Waals surface area contributed by atoms with Crippen molar-refractivity contribution < 1.29 is 24.5 Å². The largest absolute Gasteiger partial charge is 0.462 e. The van der Waals surface area contributed by atoms with Crippen LogP contribution in [0.15, 0.2) is 36.5 Å². The minimum absolute atomic E-state index is 0.0679. The molecule has 3 atom stereocenters. The smallest absolute Gasteiger partial charge is 0.306 e. The van der Waals surface area contributed by atoms with E-state index in [4.69, 9.17) is 4.74 Å². The van der Waals surface area contributed by atoms with Gasteiger partial charge in [0, 0.05) is 6.42 Å². The van der Waals surface area contributed by atoms with Crippen molar-refractivity contribution in [3.8, 4) is 0 Å². The van der Waals surface area contributed by atoms with Crippen LogP contribution in [0.3, 0.4) is 0 Å². The summed E-state index contributed by atoms with van der Waals surface area (Å²) in [6.07, 6.45) is 57.8. The van der Waals surface area contributed by atoms with E-state index in [1.54, 1.807) is 0 Å². The maximum absolute atomic E-state index is 13.2. The van der Waals surface area contributed by atoms with Crippen LogP contribution in [0.2, 0.25) is 0 Å². The molecule has 0 aliphatic carbocycles. The molecule has 0 spiro atoms. The Kier molecular flexibility index (Phi) is 47.6. The van der Waals surface area contributed by atoms with Gasteiger partial charge in [-0.15, -0.1) is 0 Å². The number of aliphatic hydroxyl groups excluding tert-OH is 2. The van der Waals surface area contributed by atoms with Crippen LogP contribution in [0, 0.1) is 0 Å². The predicted molar refractivity (Wildman–Crippen MR) is 264 cm³/mol. The number of esters is 1. The van der Waals surface area contributed by atoms with Gasteiger partial charge in [0.1, 0.15) is 6.10 Å². The number of ether oxygens (including phenoxy) is 1. The molecule has 0 aliphatic heterocycles. The summed E-state index contributed by atoms with van der Waals surface area (Å²) < 4.78 is 5.93. The first kappa shape index (κ1) is 59.1. The van der Waals surface area contributed by atoms with Crippen LogP contribution in [-0.4, -0.2) is 46.9 Å². The first-order valence-corrected chi connectivity index (χ1v) is 26.7. The van der Waals surface area contributed by atoms with Gasteiger partial charge in [0.25, 0.3) is 0 Å². The fourth-order valence-corrected chi connectivity index (χ4v) is 8.26. The Balaban J connectivity index is 4.54. The van der Waals surface area contributed by atoms with Crippen LogP contribution in [-0.2, 0) is 14.3 Å². The van der Waals surface area contributed by atoms with E-state index in [-0.39, 0.29) is 24.9 Å². The molecule has 1 amide bonds. The number of hydrogen-bond donors (Lipinski definition) is 3. The van der Waals surface area contributed by atoms with Crippen LogP contribution in [0.1, 0.15) is 278 Å². The van der Waals surface area contributed by atoms with E-state index in [0.29, 0.717) is 19.3 Å². The topological polar surface area (TPSA) is 95.9 Å². The quantitative estimate of drug-likeness (QED) is 0.0322. The third-order valence-electron chi connectivity index (χ3n) is 12.3. The first-order valence-electron chi connectivity index (χ1n) is 26.7. The third kappa shape index (κ3) is 44.5. The van der Waals surface area contributed by atoms with Crippen LogP contribution in [0.5, 0.6) is 0 Å². The van der Waals surface area contributed by atoms with Crippen LogP contribution in [0.4, 0.5) is 0 Å². The highest BCUT2D eigenvalue weighted by molar-refractivity contribution is 5.77. The van der Waals surface area contributed by atoms with Gasteiger partial charge in [-0.2, -0.15) is 0 Å². The number of nitrogens with one attached hydrogen (secondary N) is 1. The van der Waals surface area contributed by atoms with E-state index >= 15 is 0 Å². The van der Waals surface area contributed by atoms with E-state index in [1.807, 2.05) is 0 Å². The van der Waals surface area contributed by atoms with Crippen molar-refractivity contribution in [2.45, 2.75) is 296 Å². The Hall–Kier alpha value is -1.92. The van der Waals surface area contributed by atoms with Gasteiger partial charge < -0.3 is 20.3 Å². The second-order valence-corrected chi connectivity index (χ2v) is 18.3.